The van der Waals surface area contributed by atoms with Gasteiger partial charge in [0.15, 0.2) is 11.5 Å². The van der Waals surface area contributed by atoms with Gasteiger partial charge in [0.05, 0.1) is 21.3 Å². The smallest absolute Gasteiger partial charge is 0.252 e. The van der Waals surface area contributed by atoms with E-state index in [1.165, 1.54) is 37.9 Å². The SMILES string of the molecule is COc1cc(C(=O)N[C@@H](C)C(=O)N2CC=C(c3c[nH]c4ccccc34)CC2)cc(OC)c1OC. The Balaban J connectivity index is 1.43. The number of aromatic nitrogens is 1. The zero-order valence-corrected chi connectivity index (χ0v) is 19.8. The first-order valence-electron chi connectivity index (χ1n) is 11.1. The van der Waals surface area contributed by atoms with Gasteiger partial charge in [-0.1, -0.05) is 24.3 Å². The van der Waals surface area contributed by atoms with E-state index in [-0.39, 0.29) is 5.91 Å². The second-order valence-corrected chi connectivity index (χ2v) is 8.12. The number of hydrogen-bond donors (Lipinski definition) is 2. The molecule has 8 heteroatoms. The van der Waals surface area contributed by atoms with Gasteiger partial charge in [0.2, 0.25) is 11.7 Å². The largest absolute Gasteiger partial charge is 0.493 e. The molecule has 8 nitrogen and oxygen atoms in total. The number of para-hydroxylation sites is 1. The lowest BCUT2D eigenvalue weighted by atomic mass is 9.98. The molecule has 0 spiro atoms. The Morgan fingerprint density at radius 2 is 1.76 bits per heavy atom. The van der Waals surface area contributed by atoms with Crippen molar-refractivity contribution in [1.29, 1.82) is 0 Å². The second kappa shape index (κ2) is 9.91. The van der Waals surface area contributed by atoms with Gasteiger partial charge in [-0.15, -0.1) is 0 Å². The van der Waals surface area contributed by atoms with Crippen molar-refractivity contribution in [3.63, 3.8) is 0 Å². The molecule has 1 aliphatic heterocycles. The van der Waals surface area contributed by atoms with Crippen LogP contribution in [0.1, 0.15) is 29.3 Å². The third-order valence-corrected chi connectivity index (χ3v) is 6.10. The first-order valence-corrected chi connectivity index (χ1v) is 11.1. The van der Waals surface area contributed by atoms with Crippen LogP contribution in [-0.4, -0.2) is 62.2 Å². The van der Waals surface area contributed by atoms with Crippen molar-refractivity contribution in [2.24, 2.45) is 0 Å². The number of nitrogens with zero attached hydrogens (tertiary/aromatic N) is 1. The molecule has 1 aromatic heterocycles. The summed E-state index contributed by atoms with van der Waals surface area (Å²) in [5, 5.41) is 3.97. The van der Waals surface area contributed by atoms with E-state index in [1.807, 2.05) is 18.3 Å². The Morgan fingerprint density at radius 3 is 2.38 bits per heavy atom. The minimum atomic E-state index is -0.686. The molecule has 0 aliphatic carbocycles. The molecule has 1 atom stereocenters. The van der Waals surface area contributed by atoms with E-state index in [0.717, 1.165) is 11.9 Å². The monoisotopic (exact) mass is 463 g/mol. The molecule has 3 aromatic rings. The summed E-state index contributed by atoms with van der Waals surface area (Å²) in [7, 11) is 4.47. The number of carbonyl (C=O) groups is 2. The highest BCUT2D eigenvalue weighted by molar-refractivity contribution is 5.99. The minimum Gasteiger partial charge on any atom is -0.493 e. The average molecular weight is 464 g/mol. The molecule has 0 unspecified atom stereocenters. The number of benzene rings is 2. The Hall–Kier alpha value is -3.94. The number of hydrogen-bond acceptors (Lipinski definition) is 5. The molecular weight excluding hydrogens is 434 g/mol. The normalized spacial score (nSPS) is 14.4. The maximum atomic E-state index is 13.0. The predicted molar refractivity (Wildman–Crippen MR) is 130 cm³/mol. The quantitative estimate of drug-likeness (QED) is 0.558. The second-order valence-electron chi connectivity index (χ2n) is 8.12. The van der Waals surface area contributed by atoms with Crippen LogP contribution in [0.5, 0.6) is 17.2 Å². The van der Waals surface area contributed by atoms with Crippen LogP contribution in [0, 0.1) is 0 Å². The fraction of sp³-hybridized carbons (Fsp3) is 0.308. The van der Waals surface area contributed by atoms with Crippen LogP contribution < -0.4 is 19.5 Å². The molecule has 0 saturated carbocycles. The number of H-pyrrole nitrogens is 1. The van der Waals surface area contributed by atoms with E-state index in [0.29, 0.717) is 35.9 Å². The van der Waals surface area contributed by atoms with E-state index >= 15 is 0 Å². The molecular formula is C26H29N3O5. The highest BCUT2D eigenvalue weighted by Gasteiger charge is 2.26. The summed E-state index contributed by atoms with van der Waals surface area (Å²) in [6.45, 7) is 2.78. The first kappa shape index (κ1) is 23.2. The van der Waals surface area contributed by atoms with E-state index in [2.05, 4.69) is 28.5 Å². The van der Waals surface area contributed by atoms with Crippen LogP contribution in [-0.2, 0) is 4.79 Å². The maximum absolute atomic E-state index is 13.0. The molecule has 0 saturated heterocycles. The molecule has 2 amide bonds. The highest BCUT2D eigenvalue weighted by Crippen LogP contribution is 2.38. The summed E-state index contributed by atoms with van der Waals surface area (Å²) < 4.78 is 15.9. The number of ether oxygens (including phenoxy) is 3. The average Bonchev–Trinajstić information content (AvgIpc) is 3.31. The number of rotatable bonds is 7. The van der Waals surface area contributed by atoms with Crippen LogP contribution in [0.15, 0.2) is 48.7 Å². The summed E-state index contributed by atoms with van der Waals surface area (Å²) in [4.78, 5) is 31.0. The Morgan fingerprint density at radius 1 is 1.06 bits per heavy atom. The maximum Gasteiger partial charge on any atom is 0.252 e. The lowest BCUT2D eigenvalue weighted by molar-refractivity contribution is -0.132. The molecule has 1 aliphatic rings. The van der Waals surface area contributed by atoms with Crippen LogP contribution in [0.25, 0.3) is 16.5 Å². The Kier molecular flexibility index (Phi) is 6.77. The van der Waals surface area contributed by atoms with Gasteiger partial charge < -0.3 is 29.4 Å². The summed E-state index contributed by atoms with van der Waals surface area (Å²) in [6, 6.07) is 10.6. The molecule has 2 aromatic carbocycles. The molecule has 178 valence electrons. The van der Waals surface area contributed by atoms with Gasteiger partial charge in [-0.05, 0) is 37.1 Å². The Labute approximate surface area is 198 Å². The van der Waals surface area contributed by atoms with Crippen molar-refractivity contribution < 1.29 is 23.8 Å². The standard InChI is InChI=1S/C26H29N3O5/c1-16(28-25(30)18-13-22(32-2)24(34-4)23(14-18)33-3)26(31)29-11-9-17(10-12-29)20-15-27-21-8-6-5-7-19(20)21/h5-9,13-16,27H,10-12H2,1-4H3,(H,28,30)/t16-/m0/s1. The molecule has 0 radical (unpaired) electrons. The fourth-order valence-electron chi connectivity index (χ4n) is 4.28. The van der Waals surface area contributed by atoms with Crippen molar-refractivity contribution in [3.8, 4) is 17.2 Å². The summed E-state index contributed by atoms with van der Waals surface area (Å²) in [6.07, 6.45) is 4.86. The van der Waals surface area contributed by atoms with E-state index in [1.54, 1.807) is 24.0 Å². The predicted octanol–water partition coefficient (Wildman–Crippen LogP) is 3.63. The van der Waals surface area contributed by atoms with E-state index in [4.69, 9.17) is 14.2 Å². The molecule has 34 heavy (non-hydrogen) atoms. The van der Waals surface area contributed by atoms with Gasteiger partial charge in [-0.2, -0.15) is 0 Å². The minimum absolute atomic E-state index is 0.130. The number of aromatic amines is 1. The van der Waals surface area contributed by atoms with Crippen LogP contribution in [0.2, 0.25) is 0 Å². The van der Waals surface area contributed by atoms with E-state index in [9.17, 15) is 9.59 Å². The van der Waals surface area contributed by atoms with Gasteiger partial charge >= 0.3 is 0 Å². The van der Waals surface area contributed by atoms with Gasteiger partial charge in [0, 0.05) is 41.3 Å². The van der Waals surface area contributed by atoms with Crippen LogP contribution in [0.3, 0.4) is 0 Å². The van der Waals surface area contributed by atoms with Crippen molar-refractivity contribution in [3.05, 3.63) is 59.8 Å². The van der Waals surface area contributed by atoms with Crippen molar-refractivity contribution in [1.82, 2.24) is 15.2 Å². The first-order chi connectivity index (χ1) is 16.5. The lowest BCUT2D eigenvalue weighted by Gasteiger charge is -2.29. The molecule has 0 bridgehead atoms. The van der Waals surface area contributed by atoms with Crippen LogP contribution in [0.4, 0.5) is 0 Å². The Bertz CT molecular complexity index is 1220. The fourth-order valence-corrected chi connectivity index (χ4v) is 4.28. The third-order valence-electron chi connectivity index (χ3n) is 6.10. The van der Waals surface area contributed by atoms with Gasteiger partial charge in [0.1, 0.15) is 6.04 Å². The summed E-state index contributed by atoms with van der Waals surface area (Å²) in [5.41, 5.74) is 3.80. The van der Waals surface area contributed by atoms with Gasteiger partial charge in [-0.25, -0.2) is 0 Å². The number of fused-ring (bicyclic) bond motifs is 1. The summed E-state index contributed by atoms with van der Waals surface area (Å²) in [5.74, 6) is 0.618. The zero-order chi connectivity index (χ0) is 24.2. The number of carbonyl (C=O) groups excluding carboxylic acids is 2. The summed E-state index contributed by atoms with van der Waals surface area (Å²) >= 11 is 0. The van der Waals surface area contributed by atoms with Gasteiger partial charge in [0.25, 0.3) is 5.91 Å². The number of amides is 2. The molecule has 2 N–H and O–H groups in total. The lowest BCUT2D eigenvalue weighted by Crippen LogP contribution is -2.48. The zero-order valence-electron chi connectivity index (χ0n) is 19.8. The number of nitrogens with one attached hydrogen (secondary N) is 2. The molecule has 4 rings (SSSR count). The van der Waals surface area contributed by atoms with Gasteiger partial charge in [-0.3, -0.25) is 9.59 Å². The topological polar surface area (TPSA) is 92.9 Å². The van der Waals surface area contributed by atoms with Crippen molar-refractivity contribution >= 4 is 28.3 Å². The number of methoxy groups -OCH3 is 3. The third kappa shape index (κ3) is 4.44. The molecule has 2 heterocycles. The molecule has 0 fully saturated rings. The van der Waals surface area contributed by atoms with Crippen molar-refractivity contribution in [2.75, 3.05) is 34.4 Å². The van der Waals surface area contributed by atoms with Crippen LogP contribution >= 0.6 is 0 Å². The highest BCUT2D eigenvalue weighted by atomic mass is 16.5. The van der Waals surface area contributed by atoms with E-state index < -0.39 is 11.9 Å². The van der Waals surface area contributed by atoms with Crippen molar-refractivity contribution in [2.45, 2.75) is 19.4 Å².